The lowest BCUT2D eigenvalue weighted by atomic mass is 9.85. The van der Waals surface area contributed by atoms with Crippen LogP contribution in [0, 0.1) is 0 Å². The summed E-state index contributed by atoms with van der Waals surface area (Å²) in [4.78, 5) is 35.4. The van der Waals surface area contributed by atoms with E-state index in [1.54, 1.807) is 41.6 Å². The predicted octanol–water partition coefficient (Wildman–Crippen LogP) is 3.84. The summed E-state index contributed by atoms with van der Waals surface area (Å²) in [5, 5.41) is 11.9. The van der Waals surface area contributed by atoms with Crippen LogP contribution in [0.5, 0.6) is 0 Å². The van der Waals surface area contributed by atoms with Crippen molar-refractivity contribution in [1.29, 1.82) is 0 Å². The molecule has 2 amide bonds. The number of nitrogens with zero attached hydrogens (tertiary/aromatic N) is 4. The second kappa shape index (κ2) is 12.2. The van der Waals surface area contributed by atoms with Gasteiger partial charge in [-0.05, 0) is 55.6 Å². The maximum Gasteiger partial charge on any atom is 0.246 e. The fourth-order valence-electron chi connectivity index (χ4n) is 4.77. The molecule has 36 heavy (non-hydrogen) atoms. The van der Waals surface area contributed by atoms with Gasteiger partial charge >= 0.3 is 0 Å². The number of aromatic nitrogens is 1. The van der Waals surface area contributed by atoms with E-state index in [2.05, 4.69) is 9.88 Å². The van der Waals surface area contributed by atoms with Gasteiger partial charge in [0.15, 0.2) is 0 Å². The van der Waals surface area contributed by atoms with Gasteiger partial charge in [0.25, 0.3) is 0 Å². The zero-order chi connectivity index (χ0) is 25.5. The van der Waals surface area contributed by atoms with Crippen molar-refractivity contribution >= 4 is 41.1 Å². The van der Waals surface area contributed by atoms with Crippen LogP contribution in [0.1, 0.15) is 36.8 Å². The second-order valence-corrected chi connectivity index (χ2v) is 10.2. The Balaban J connectivity index is 1.21. The highest BCUT2D eigenvalue weighted by Gasteiger charge is 2.34. The van der Waals surface area contributed by atoms with Crippen molar-refractivity contribution in [3.05, 3.63) is 70.0 Å². The molecule has 2 aromatic rings. The average Bonchev–Trinajstić information content (AvgIpc) is 3.08. The van der Waals surface area contributed by atoms with Crippen LogP contribution in [0.15, 0.2) is 48.8 Å². The van der Waals surface area contributed by atoms with Gasteiger partial charge in [0.1, 0.15) is 0 Å². The molecule has 2 saturated heterocycles. The highest BCUT2D eigenvalue weighted by molar-refractivity contribution is 6.42. The van der Waals surface area contributed by atoms with Crippen LogP contribution in [0.2, 0.25) is 10.0 Å². The largest absolute Gasteiger partial charge is 0.385 e. The van der Waals surface area contributed by atoms with Gasteiger partial charge in [-0.15, -0.1) is 0 Å². The fourth-order valence-corrected chi connectivity index (χ4v) is 5.08. The summed E-state index contributed by atoms with van der Waals surface area (Å²) >= 11 is 12.0. The standard InChI is InChI=1S/C27H32Cl2N4O3/c28-23-6-4-21(19-24(23)29)5-7-25(34)33-14-8-26(35)32(17-18-33)13-2-12-31-15-9-27(36,10-16-31)22-3-1-11-30-20-22/h1,3-7,11,19-20,36H,2,8-10,12-18H2/b7-5+. The first-order valence-corrected chi connectivity index (χ1v) is 13.1. The van der Waals surface area contributed by atoms with Gasteiger partial charge in [-0.3, -0.25) is 14.6 Å². The average molecular weight is 531 g/mol. The third-order valence-corrected chi connectivity index (χ3v) is 7.79. The molecule has 2 fully saturated rings. The van der Waals surface area contributed by atoms with Crippen LogP contribution in [-0.2, 0) is 15.2 Å². The Labute approximate surface area is 222 Å². The van der Waals surface area contributed by atoms with Gasteiger partial charge in [-0.25, -0.2) is 0 Å². The smallest absolute Gasteiger partial charge is 0.246 e. The first-order chi connectivity index (χ1) is 17.3. The lowest BCUT2D eigenvalue weighted by molar-refractivity contribution is -0.130. The first-order valence-electron chi connectivity index (χ1n) is 12.4. The molecule has 0 atom stereocenters. The van der Waals surface area contributed by atoms with E-state index in [4.69, 9.17) is 23.2 Å². The van der Waals surface area contributed by atoms with Gasteiger partial charge < -0.3 is 19.8 Å². The van der Waals surface area contributed by atoms with Crippen LogP contribution in [0.25, 0.3) is 6.08 Å². The van der Waals surface area contributed by atoms with Gasteiger partial charge in [0.2, 0.25) is 11.8 Å². The van der Waals surface area contributed by atoms with E-state index in [1.807, 2.05) is 17.0 Å². The fraction of sp³-hybridized carbons (Fsp3) is 0.444. The molecule has 192 valence electrons. The third kappa shape index (κ3) is 6.85. The number of benzene rings is 1. The Hall–Kier alpha value is -2.45. The normalized spacial score (nSPS) is 19.0. The molecule has 0 bridgehead atoms. The molecule has 0 aliphatic carbocycles. The number of hydrogen-bond donors (Lipinski definition) is 1. The van der Waals surface area contributed by atoms with E-state index < -0.39 is 5.60 Å². The molecule has 3 heterocycles. The van der Waals surface area contributed by atoms with Crippen LogP contribution in [0.4, 0.5) is 0 Å². The van der Waals surface area contributed by atoms with Crippen molar-refractivity contribution in [3.8, 4) is 0 Å². The third-order valence-electron chi connectivity index (χ3n) is 7.05. The highest BCUT2D eigenvalue weighted by atomic mass is 35.5. The Morgan fingerprint density at radius 3 is 2.58 bits per heavy atom. The number of halogens is 2. The van der Waals surface area contributed by atoms with Crippen molar-refractivity contribution in [2.24, 2.45) is 0 Å². The van der Waals surface area contributed by atoms with E-state index in [0.29, 0.717) is 55.5 Å². The van der Waals surface area contributed by atoms with Crippen LogP contribution in [0.3, 0.4) is 0 Å². The summed E-state index contributed by atoms with van der Waals surface area (Å²) < 4.78 is 0. The van der Waals surface area contributed by atoms with Crippen LogP contribution < -0.4 is 0 Å². The summed E-state index contributed by atoms with van der Waals surface area (Å²) in [5.41, 5.74) is 0.864. The molecule has 0 saturated carbocycles. The summed E-state index contributed by atoms with van der Waals surface area (Å²) in [7, 11) is 0. The van der Waals surface area contributed by atoms with Crippen LogP contribution in [-0.4, -0.2) is 82.4 Å². The molecule has 1 aromatic heterocycles. The van der Waals surface area contributed by atoms with Crippen molar-refractivity contribution in [2.75, 3.05) is 45.8 Å². The summed E-state index contributed by atoms with van der Waals surface area (Å²) in [6.45, 7) is 4.63. The van der Waals surface area contributed by atoms with Crippen molar-refractivity contribution in [3.63, 3.8) is 0 Å². The minimum atomic E-state index is -0.810. The SMILES string of the molecule is O=C(/C=C/c1ccc(Cl)c(Cl)c1)N1CCC(=O)N(CCCN2CCC(O)(c3cccnc3)CC2)CC1. The van der Waals surface area contributed by atoms with E-state index in [1.165, 1.54) is 6.08 Å². The molecule has 0 unspecified atom stereocenters. The minimum absolute atomic E-state index is 0.0864. The number of hydrogen-bond acceptors (Lipinski definition) is 5. The molecule has 4 rings (SSSR count). The lowest BCUT2D eigenvalue weighted by Gasteiger charge is -2.38. The number of rotatable bonds is 7. The zero-order valence-corrected chi connectivity index (χ0v) is 21.8. The molecule has 1 aromatic carbocycles. The van der Waals surface area contributed by atoms with E-state index >= 15 is 0 Å². The van der Waals surface area contributed by atoms with Crippen molar-refractivity contribution in [1.82, 2.24) is 19.7 Å². The summed E-state index contributed by atoms with van der Waals surface area (Å²) in [5.74, 6) is -0.0338. The van der Waals surface area contributed by atoms with E-state index in [-0.39, 0.29) is 11.8 Å². The van der Waals surface area contributed by atoms with Crippen LogP contribution >= 0.6 is 23.2 Å². The topological polar surface area (TPSA) is 77.0 Å². The van der Waals surface area contributed by atoms with E-state index in [9.17, 15) is 14.7 Å². The molecule has 0 radical (unpaired) electrons. The van der Waals surface area contributed by atoms with Crippen molar-refractivity contribution in [2.45, 2.75) is 31.3 Å². The van der Waals surface area contributed by atoms with Gasteiger partial charge in [-0.1, -0.05) is 35.3 Å². The van der Waals surface area contributed by atoms with E-state index in [0.717, 1.165) is 37.2 Å². The molecule has 0 spiro atoms. The van der Waals surface area contributed by atoms with Gasteiger partial charge in [0, 0.05) is 69.7 Å². The number of likely N-dealkylation sites (tertiary alicyclic amines) is 1. The Bertz CT molecular complexity index is 1090. The predicted molar refractivity (Wildman–Crippen MR) is 142 cm³/mol. The lowest BCUT2D eigenvalue weighted by Crippen LogP contribution is -2.43. The van der Waals surface area contributed by atoms with Crippen molar-refractivity contribution < 1.29 is 14.7 Å². The highest BCUT2D eigenvalue weighted by Crippen LogP contribution is 2.32. The summed E-state index contributed by atoms with van der Waals surface area (Å²) in [6.07, 6.45) is 9.23. The number of carbonyl (C=O) groups is 2. The van der Waals surface area contributed by atoms with Gasteiger partial charge in [0.05, 0.1) is 15.6 Å². The molecule has 9 heteroatoms. The molecule has 2 aliphatic rings. The molecular weight excluding hydrogens is 499 g/mol. The molecule has 2 aliphatic heterocycles. The maximum atomic E-state index is 12.7. The zero-order valence-electron chi connectivity index (χ0n) is 20.3. The molecule has 7 nitrogen and oxygen atoms in total. The molecular formula is C27H32Cl2N4O3. The number of pyridine rings is 1. The number of carbonyl (C=O) groups excluding carboxylic acids is 2. The summed E-state index contributed by atoms with van der Waals surface area (Å²) in [6, 6.07) is 9.00. The quantitative estimate of drug-likeness (QED) is 0.550. The monoisotopic (exact) mass is 530 g/mol. The second-order valence-electron chi connectivity index (χ2n) is 9.43. The minimum Gasteiger partial charge on any atom is -0.385 e. The number of amides is 2. The Kier molecular flexibility index (Phi) is 9.01. The number of aliphatic hydroxyl groups is 1. The maximum absolute atomic E-state index is 12.7. The Morgan fingerprint density at radius 2 is 1.86 bits per heavy atom. The number of piperidine rings is 1. The first kappa shape index (κ1) is 26.6. The molecule has 1 N–H and O–H groups in total. The Morgan fingerprint density at radius 1 is 1.06 bits per heavy atom. The van der Waals surface area contributed by atoms with Gasteiger partial charge in [-0.2, -0.15) is 0 Å².